The van der Waals surface area contributed by atoms with Crippen LogP contribution in [0.1, 0.15) is 49.0 Å². The van der Waals surface area contributed by atoms with Gasteiger partial charge in [-0.25, -0.2) is 14.8 Å². The molecular formula is C23H25N5O3S2. The maximum absolute atomic E-state index is 12.7. The van der Waals surface area contributed by atoms with Crippen molar-refractivity contribution in [3.63, 3.8) is 0 Å². The zero-order valence-electron chi connectivity index (χ0n) is 18.3. The summed E-state index contributed by atoms with van der Waals surface area (Å²) in [6, 6.07) is 8.38. The molecule has 0 aliphatic heterocycles. The van der Waals surface area contributed by atoms with Crippen molar-refractivity contribution in [1.29, 1.82) is 0 Å². The predicted octanol–water partition coefficient (Wildman–Crippen LogP) is 3.00. The van der Waals surface area contributed by atoms with Crippen LogP contribution >= 0.6 is 23.5 Å². The van der Waals surface area contributed by atoms with Gasteiger partial charge in [0.25, 0.3) is 5.56 Å². The number of amides is 1. The van der Waals surface area contributed by atoms with E-state index in [1.165, 1.54) is 22.2 Å². The largest absolute Gasteiger partial charge is 0.355 e. The van der Waals surface area contributed by atoms with E-state index in [2.05, 4.69) is 51.5 Å². The normalized spacial score (nSPS) is 15.7. The fraction of sp³-hybridized carbons (Fsp3) is 0.435. The second kappa shape index (κ2) is 9.34. The number of benzene rings is 1. The van der Waals surface area contributed by atoms with Crippen molar-refractivity contribution in [2.45, 2.75) is 54.5 Å². The molecule has 33 heavy (non-hydrogen) atoms. The zero-order valence-corrected chi connectivity index (χ0v) is 19.9. The molecule has 2 aliphatic carbocycles. The number of carbonyl (C=O) groups is 1. The molecule has 0 atom stereocenters. The average molecular weight is 484 g/mol. The van der Waals surface area contributed by atoms with Crippen LogP contribution in [0.15, 0.2) is 43.8 Å². The summed E-state index contributed by atoms with van der Waals surface area (Å²) in [7, 11) is 0. The summed E-state index contributed by atoms with van der Waals surface area (Å²) in [5.41, 5.74) is 0.710. The summed E-state index contributed by atoms with van der Waals surface area (Å²) < 4.78 is 1.59. The second-order valence-electron chi connectivity index (χ2n) is 8.52. The number of nitrogens with one attached hydrogen (secondary N) is 2. The van der Waals surface area contributed by atoms with Crippen molar-refractivity contribution in [3.05, 3.63) is 56.5 Å². The lowest BCUT2D eigenvalue weighted by molar-refractivity contribution is -0.118. The van der Waals surface area contributed by atoms with E-state index < -0.39 is 11.2 Å². The van der Waals surface area contributed by atoms with Crippen molar-refractivity contribution < 1.29 is 4.79 Å². The SMILES string of the molecule is Cc1ccc(SCCNC(=O)CSc2nc(C3CC3)nc3c2c(=O)[nH]c(=O)n3C2CC2)cc1. The highest BCUT2D eigenvalue weighted by molar-refractivity contribution is 8.00. The van der Waals surface area contributed by atoms with E-state index in [-0.39, 0.29) is 23.6 Å². The third kappa shape index (κ3) is 5.16. The van der Waals surface area contributed by atoms with Gasteiger partial charge < -0.3 is 5.32 Å². The van der Waals surface area contributed by atoms with E-state index in [9.17, 15) is 14.4 Å². The Morgan fingerprint density at radius 2 is 1.88 bits per heavy atom. The molecule has 1 amide bonds. The molecule has 0 bridgehead atoms. The monoisotopic (exact) mass is 483 g/mol. The Morgan fingerprint density at radius 1 is 1.12 bits per heavy atom. The Bertz CT molecular complexity index is 1310. The Morgan fingerprint density at radius 3 is 2.58 bits per heavy atom. The van der Waals surface area contributed by atoms with E-state index in [4.69, 9.17) is 0 Å². The van der Waals surface area contributed by atoms with Gasteiger partial charge in [-0.2, -0.15) is 0 Å². The molecule has 172 valence electrons. The molecule has 2 saturated carbocycles. The molecule has 5 rings (SSSR count). The molecule has 2 aliphatic rings. The number of fused-ring (bicyclic) bond motifs is 1. The summed E-state index contributed by atoms with van der Waals surface area (Å²) in [6.07, 6.45) is 3.81. The van der Waals surface area contributed by atoms with Crippen LogP contribution in [0.3, 0.4) is 0 Å². The Labute approximate surface area is 199 Å². The molecule has 1 aromatic carbocycles. The summed E-state index contributed by atoms with van der Waals surface area (Å²) in [5.74, 6) is 1.74. The highest BCUT2D eigenvalue weighted by atomic mass is 32.2. The van der Waals surface area contributed by atoms with Crippen molar-refractivity contribution in [3.8, 4) is 0 Å². The molecule has 8 nitrogen and oxygen atoms in total. The van der Waals surface area contributed by atoms with Crippen LogP contribution in [0.4, 0.5) is 0 Å². The van der Waals surface area contributed by atoms with Crippen molar-refractivity contribution in [1.82, 2.24) is 24.8 Å². The second-order valence-corrected chi connectivity index (χ2v) is 10.7. The molecular weight excluding hydrogens is 458 g/mol. The fourth-order valence-corrected chi connectivity index (χ4v) is 5.24. The van der Waals surface area contributed by atoms with Gasteiger partial charge in [0.1, 0.15) is 16.2 Å². The van der Waals surface area contributed by atoms with Gasteiger partial charge in [-0.3, -0.25) is 19.1 Å². The van der Waals surface area contributed by atoms with Gasteiger partial charge in [0.2, 0.25) is 5.91 Å². The molecule has 0 spiro atoms. The number of hydrogen-bond donors (Lipinski definition) is 2. The number of aromatic nitrogens is 4. The van der Waals surface area contributed by atoms with Crippen molar-refractivity contribution in [2.24, 2.45) is 0 Å². The highest BCUT2D eigenvalue weighted by Gasteiger charge is 2.32. The summed E-state index contributed by atoms with van der Waals surface area (Å²) in [5, 5.41) is 3.71. The molecule has 10 heteroatoms. The van der Waals surface area contributed by atoms with Gasteiger partial charge in [0, 0.05) is 29.2 Å². The van der Waals surface area contributed by atoms with Crippen molar-refractivity contribution in [2.75, 3.05) is 18.1 Å². The molecule has 2 fully saturated rings. The average Bonchev–Trinajstić information content (AvgIpc) is 3.69. The quantitative estimate of drug-likeness (QED) is 0.273. The molecule has 2 N–H and O–H groups in total. The van der Waals surface area contributed by atoms with Crippen LogP contribution in [0, 0.1) is 6.92 Å². The maximum atomic E-state index is 12.7. The highest BCUT2D eigenvalue weighted by Crippen LogP contribution is 2.40. The standard InChI is InChI=1S/C23H25N5O3S2/c1-13-2-8-16(9-3-13)32-11-10-24-17(29)12-33-22-18-20(25-19(26-22)14-4-5-14)28(15-6-7-15)23(31)27-21(18)30/h2-3,8-9,14-15H,4-7,10-12H2,1H3,(H,24,29)(H,27,30,31). The minimum Gasteiger partial charge on any atom is -0.355 e. The number of hydrogen-bond acceptors (Lipinski definition) is 7. The van der Waals surface area contributed by atoms with Crippen molar-refractivity contribution >= 4 is 40.5 Å². The maximum Gasteiger partial charge on any atom is 0.330 e. The summed E-state index contributed by atoms with van der Waals surface area (Å²) in [6.45, 7) is 2.61. The Kier molecular flexibility index (Phi) is 6.29. The van der Waals surface area contributed by atoms with E-state index in [1.54, 1.807) is 16.3 Å². The lowest BCUT2D eigenvalue weighted by atomic mass is 10.2. The lowest BCUT2D eigenvalue weighted by Gasteiger charge is -2.12. The van der Waals surface area contributed by atoms with E-state index in [1.807, 2.05) is 0 Å². The minimum atomic E-state index is -0.494. The van der Waals surface area contributed by atoms with E-state index in [0.29, 0.717) is 28.4 Å². The van der Waals surface area contributed by atoms with Crippen LogP contribution in [0.25, 0.3) is 11.0 Å². The molecule has 2 aromatic heterocycles. The first-order valence-electron chi connectivity index (χ1n) is 11.1. The van der Waals surface area contributed by atoms with Gasteiger partial charge in [0.15, 0.2) is 5.65 Å². The lowest BCUT2D eigenvalue weighted by Crippen LogP contribution is -2.31. The van der Waals surface area contributed by atoms with Crippen LogP contribution < -0.4 is 16.6 Å². The minimum absolute atomic E-state index is 0.0750. The third-order valence-electron chi connectivity index (χ3n) is 5.68. The van der Waals surface area contributed by atoms with Gasteiger partial charge in [-0.05, 0) is 44.7 Å². The summed E-state index contributed by atoms with van der Waals surface area (Å²) in [4.78, 5) is 50.4. The smallest absolute Gasteiger partial charge is 0.330 e. The number of nitrogens with zero attached hydrogens (tertiary/aromatic N) is 3. The van der Waals surface area contributed by atoms with E-state index in [0.717, 1.165) is 31.4 Å². The molecule has 3 aromatic rings. The van der Waals surface area contributed by atoms with Crippen LogP contribution in [0.2, 0.25) is 0 Å². The first-order valence-corrected chi connectivity index (χ1v) is 13.1. The fourth-order valence-electron chi connectivity index (χ4n) is 3.61. The topological polar surface area (TPSA) is 110 Å². The van der Waals surface area contributed by atoms with Gasteiger partial charge in [-0.15, -0.1) is 11.8 Å². The Balaban J connectivity index is 1.28. The number of rotatable bonds is 9. The van der Waals surface area contributed by atoms with Gasteiger partial charge in [0.05, 0.1) is 5.75 Å². The van der Waals surface area contributed by atoms with Gasteiger partial charge >= 0.3 is 5.69 Å². The van der Waals surface area contributed by atoms with Crippen LogP contribution in [0.5, 0.6) is 0 Å². The molecule has 0 unspecified atom stereocenters. The first kappa shape index (κ1) is 22.2. The number of aryl methyl sites for hydroxylation is 1. The Hall–Kier alpha value is -2.59. The number of thioether (sulfide) groups is 2. The molecule has 0 radical (unpaired) electrons. The number of aromatic amines is 1. The molecule has 2 heterocycles. The summed E-state index contributed by atoms with van der Waals surface area (Å²) >= 11 is 2.92. The van der Waals surface area contributed by atoms with Gasteiger partial charge in [-0.1, -0.05) is 29.5 Å². The molecule has 0 saturated heterocycles. The number of carbonyl (C=O) groups excluding carboxylic acids is 1. The van der Waals surface area contributed by atoms with Crippen LogP contribution in [-0.4, -0.2) is 43.5 Å². The van der Waals surface area contributed by atoms with Crippen LogP contribution in [-0.2, 0) is 4.79 Å². The predicted molar refractivity (Wildman–Crippen MR) is 130 cm³/mol. The number of H-pyrrole nitrogens is 1. The zero-order chi connectivity index (χ0) is 22.9. The van der Waals surface area contributed by atoms with E-state index >= 15 is 0 Å². The first-order chi connectivity index (χ1) is 16.0. The third-order valence-corrected chi connectivity index (χ3v) is 7.67.